The first-order valence-corrected chi connectivity index (χ1v) is 8.15. The number of nitrogens with one attached hydrogen (secondary N) is 1. The lowest BCUT2D eigenvalue weighted by atomic mass is 10.4. The highest BCUT2D eigenvalue weighted by molar-refractivity contribution is 8.00. The number of hydrogen-bond donors (Lipinski definition) is 1. The maximum atomic E-state index is 11.9. The number of carbonyl (C=O) groups is 1. The zero-order valence-electron chi connectivity index (χ0n) is 11.7. The van der Waals surface area contributed by atoms with E-state index in [2.05, 4.69) is 10.3 Å². The van der Waals surface area contributed by atoms with E-state index in [4.69, 9.17) is 11.6 Å². The van der Waals surface area contributed by atoms with Crippen LogP contribution in [0, 0.1) is 0 Å². The van der Waals surface area contributed by atoms with Crippen molar-refractivity contribution >= 4 is 34.9 Å². The molecular weight excluding hydrogens is 318 g/mol. The quantitative estimate of drug-likeness (QED) is 0.729. The number of thioether (sulfide) groups is 1. The van der Waals surface area contributed by atoms with Crippen LogP contribution in [0.25, 0.3) is 5.65 Å². The largest absolute Gasteiger partial charge is 0.350 e. The summed E-state index contributed by atoms with van der Waals surface area (Å²) < 4.78 is 1.85. The molecule has 2 heterocycles. The zero-order chi connectivity index (χ0) is 15.4. The molecule has 0 atom stereocenters. The minimum absolute atomic E-state index is 0.0102. The summed E-state index contributed by atoms with van der Waals surface area (Å²) in [5.41, 5.74) is 1.62. The van der Waals surface area contributed by atoms with Crippen molar-refractivity contribution in [2.24, 2.45) is 0 Å². The minimum Gasteiger partial charge on any atom is -0.350 e. The Labute approximate surface area is 137 Å². The van der Waals surface area contributed by atoms with Crippen LogP contribution in [0.5, 0.6) is 0 Å². The molecule has 6 heteroatoms. The van der Waals surface area contributed by atoms with Gasteiger partial charge in [-0.2, -0.15) is 0 Å². The number of imidazole rings is 1. The number of halogens is 1. The van der Waals surface area contributed by atoms with Crippen LogP contribution in [0.2, 0.25) is 5.02 Å². The fourth-order valence-corrected chi connectivity index (χ4v) is 2.93. The van der Waals surface area contributed by atoms with Gasteiger partial charge in [-0.05, 0) is 24.3 Å². The molecule has 0 fully saturated rings. The summed E-state index contributed by atoms with van der Waals surface area (Å²) in [7, 11) is 0. The summed E-state index contributed by atoms with van der Waals surface area (Å²) in [5, 5.41) is 3.53. The third-order valence-electron chi connectivity index (χ3n) is 3.04. The van der Waals surface area contributed by atoms with E-state index in [9.17, 15) is 4.79 Å². The van der Waals surface area contributed by atoms with Gasteiger partial charge in [-0.25, -0.2) is 4.98 Å². The lowest BCUT2D eigenvalue weighted by molar-refractivity contribution is -0.118. The molecule has 0 spiro atoms. The molecule has 0 aliphatic carbocycles. The van der Waals surface area contributed by atoms with Crippen LogP contribution in [0.4, 0.5) is 0 Å². The third kappa shape index (κ3) is 3.81. The Kier molecular flexibility index (Phi) is 4.65. The van der Waals surface area contributed by atoms with Gasteiger partial charge in [-0.15, -0.1) is 11.8 Å². The fraction of sp³-hybridized carbons (Fsp3) is 0.125. The average molecular weight is 332 g/mol. The lowest BCUT2D eigenvalue weighted by Crippen LogP contribution is -2.24. The lowest BCUT2D eigenvalue weighted by Gasteiger charge is -2.03. The number of amides is 1. The first kappa shape index (κ1) is 14.9. The number of carbonyl (C=O) groups excluding carboxylic acids is 1. The molecule has 4 nitrogen and oxygen atoms in total. The van der Waals surface area contributed by atoms with E-state index >= 15 is 0 Å². The van der Waals surface area contributed by atoms with Crippen LogP contribution in [-0.4, -0.2) is 21.0 Å². The molecule has 3 aromatic rings. The molecule has 0 bridgehead atoms. The highest BCUT2D eigenvalue weighted by Gasteiger charge is 2.06. The summed E-state index contributed by atoms with van der Waals surface area (Å²) in [6, 6.07) is 13.5. The van der Waals surface area contributed by atoms with E-state index < -0.39 is 0 Å². The van der Waals surface area contributed by atoms with Crippen LogP contribution < -0.4 is 5.32 Å². The molecule has 0 radical (unpaired) electrons. The fourth-order valence-electron chi connectivity index (χ4n) is 2.01. The van der Waals surface area contributed by atoms with E-state index in [1.807, 2.05) is 47.0 Å². The maximum Gasteiger partial charge on any atom is 0.230 e. The Bertz CT molecular complexity index is 788. The number of hydrogen-bond acceptors (Lipinski definition) is 3. The van der Waals surface area contributed by atoms with Gasteiger partial charge in [-0.3, -0.25) is 4.79 Å². The average Bonchev–Trinajstić information content (AvgIpc) is 2.94. The second-order valence-corrected chi connectivity index (χ2v) is 6.21. The maximum absolute atomic E-state index is 11.9. The van der Waals surface area contributed by atoms with Crippen molar-refractivity contribution in [2.45, 2.75) is 11.4 Å². The van der Waals surface area contributed by atoms with E-state index in [1.165, 1.54) is 11.8 Å². The van der Waals surface area contributed by atoms with Gasteiger partial charge >= 0.3 is 0 Å². The van der Waals surface area contributed by atoms with Gasteiger partial charge in [0.15, 0.2) is 0 Å². The highest BCUT2D eigenvalue weighted by Crippen LogP contribution is 2.16. The summed E-state index contributed by atoms with van der Waals surface area (Å²) in [5.74, 6) is 0.382. The zero-order valence-corrected chi connectivity index (χ0v) is 13.3. The van der Waals surface area contributed by atoms with Gasteiger partial charge in [0.1, 0.15) is 5.65 Å². The summed E-state index contributed by atoms with van der Waals surface area (Å²) in [6.45, 7) is 0.410. The van der Waals surface area contributed by atoms with Gasteiger partial charge < -0.3 is 9.72 Å². The number of pyridine rings is 1. The normalized spacial score (nSPS) is 10.8. The second kappa shape index (κ2) is 6.85. The number of nitrogens with zero attached hydrogens (tertiary/aromatic N) is 2. The van der Waals surface area contributed by atoms with Crippen molar-refractivity contribution in [3.05, 3.63) is 65.6 Å². The molecule has 0 saturated carbocycles. The van der Waals surface area contributed by atoms with Gasteiger partial charge in [0.05, 0.1) is 23.0 Å². The smallest absolute Gasteiger partial charge is 0.230 e. The molecule has 1 N–H and O–H groups in total. The molecule has 22 heavy (non-hydrogen) atoms. The van der Waals surface area contributed by atoms with Gasteiger partial charge in [-0.1, -0.05) is 29.8 Å². The first-order chi connectivity index (χ1) is 10.7. The Morgan fingerprint density at radius 2 is 2.00 bits per heavy atom. The van der Waals surface area contributed by atoms with Crippen molar-refractivity contribution in [3.63, 3.8) is 0 Å². The molecule has 0 unspecified atom stereocenters. The van der Waals surface area contributed by atoms with Gasteiger partial charge in [0.2, 0.25) is 5.91 Å². The standard InChI is InChI=1S/C16H14ClN3OS/c17-12-6-7-15-19-13(10-20(15)9-12)8-18-16(21)11-22-14-4-2-1-3-5-14/h1-7,9-10H,8,11H2,(H,18,21). The van der Waals surface area contributed by atoms with E-state index in [0.29, 0.717) is 17.3 Å². The molecule has 1 amide bonds. The van der Waals surface area contributed by atoms with E-state index in [-0.39, 0.29) is 5.91 Å². The predicted molar refractivity (Wildman–Crippen MR) is 89.2 cm³/mol. The molecule has 112 valence electrons. The van der Waals surface area contributed by atoms with Gasteiger partial charge in [0, 0.05) is 17.3 Å². The number of fused-ring (bicyclic) bond motifs is 1. The second-order valence-electron chi connectivity index (χ2n) is 4.72. The summed E-state index contributed by atoms with van der Waals surface area (Å²) >= 11 is 7.45. The first-order valence-electron chi connectivity index (χ1n) is 6.78. The predicted octanol–water partition coefficient (Wildman–Crippen LogP) is 3.40. The summed E-state index contributed by atoms with van der Waals surface area (Å²) in [6.07, 6.45) is 3.66. The molecule has 3 rings (SSSR count). The van der Waals surface area contributed by atoms with E-state index in [1.54, 1.807) is 12.3 Å². The van der Waals surface area contributed by atoms with Crippen LogP contribution in [-0.2, 0) is 11.3 Å². The minimum atomic E-state index is -0.0102. The molecule has 1 aromatic carbocycles. The molecule has 0 aliphatic heterocycles. The van der Waals surface area contributed by atoms with Crippen LogP contribution in [0.15, 0.2) is 59.8 Å². The van der Waals surface area contributed by atoms with Crippen molar-refractivity contribution in [3.8, 4) is 0 Å². The van der Waals surface area contributed by atoms with Crippen molar-refractivity contribution in [2.75, 3.05) is 5.75 Å². The van der Waals surface area contributed by atoms with Crippen LogP contribution in [0.3, 0.4) is 0 Å². The SMILES string of the molecule is O=C(CSc1ccccc1)NCc1cn2cc(Cl)ccc2n1. The van der Waals surface area contributed by atoms with Crippen molar-refractivity contribution < 1.29 is 4.79 Å². The Morgan fingerprint density at radius 1 is 1.18 bits per heavy atom. The molecular formula is C16H14ClN3OS. The van der Waals surface area contributed by atoms with Crippen molar-refractivity contribution in [1.82, 2.24) is 14.7 Å². The number of benzene rings is 1. The Morgan fingerprint density at radius 3 is 2.82 bits per heavy atom. The molecule has 2 aromatic heterocycles. The number of rotatable bonds is 5. The Hall–Kier alpha value is -1.98. The van der Waals surface area contributed by atoms with Crippen LogP contribution in [0.1, 0.15) is 5.69 Å². The Balaban J connectivity index is 1.53. The topological polar surface area (TPSA) is 46.4 Å². The summed E-state index contributed by atoms with van der Waals surface area (Å²) in [4.78, 5) is 17.4. The van der Waals surface area contributed by atoms with E-state index in [0.717, 1.165) is 16.2 Å². The van der Waals surface area contributed by atoms with Gasteiger partial charge in [0.25, 0.3) is 0 Å². The number of aromatic nitrogens is 2. The molecule has 0 aliphatic rings. The highest BCUT2D eigenvalue weighted by atomic mass is 35.5. The van der Waals surface area contributed by atoms with Crippen LogP contribution >= 0.6 is 23.4 Å². The molecule has 0 saturated heterocycles. The van der Waals surface area contributed by atoms with Crippen molar-refractivity contribution in [1.29, 1.82) is 0 Å². The monoisotopic (exact) mass is 331 g/mol. The third-order valence-corrected chi connectivity index (χ3v) is 4.28.